The summed E-state index contributed by atoms with van der Waals surface area (Å²) in [6.07, 6.45) is 12.2. The Morgan fingerprint density at radius 3 is 2.42 bits per heavy atom. The van der Waals surface area contributed by atoms with E-state index in [1.807, 2.05) is 0 Å². The first-order valence-electron chi connectivity index (χ1n) is 5.05. The molecule has 0 spiro atoms. The van der Waals surface area contributed by atoms with E-state index in [0.717, 1.165) is 6.61 Å². The molecule has 0 bridgehead atoms. The van der Waals surface area contributed by atoms with Crippen molar-refractivity contribution in [3.8, 4) is 0 Å². The van der Waals surface area contributed by atoms with Crippen LogP contribution in [0.4, 0.5) is 0 Å². The van der Waals surface area contributed by atoms with Gasteiger partial charge in [-0.1, -0.05) is 31.9 Å². The Balaban J connectivity index is 2.86. The molecule has 1 heteroatoms. The highest BCUT2D eigenvalue weighted by molar-refractivity contribution is 4.79. The highest BCUT2D eigenvalue weighted by atomic mass is 16.5. The lowest BCUT2D eigenvalue weighted by atomic mass is 10.1. The molecular weight excluding hydrogens is 148 g/mol. The molecule has 0 N–H and O–H groups in total. The quantitative estimate of drug-likeness (QED) is 0.400. The molecule has 1 nitrogen and oxygen atoms in total. The van der Waals surface area contributed by atoms with Gasteiger partial charge in [-0.15, -0.1) is 0 Å². The Morgan fingerprint density at radius 1 is 1.00 bits per heavy atom. The Kier molecular flexibility index (Phi) is 10.4. The molecular formula is C11H22O. The summed E-state index contributed by atoms with van der Waals surface area (Å²) in [6, 6.07) is 0. The van der Waals surface area contributed by atoms with Gasteiger partial charge in [0.25, 0.3) is 0 Å². The third-order valence-electron chi connectivity index (χ3n) is 1.87. The molecule has 0 aromatic carbocycles. The summed E-state index contributed by atoms with van der Waals surface area (Å²) in [4.78, 5) is 0. The highest BCUT2D eigenvalue weighted by Gasteiger charge is 1.87. The summed E-state index contributed by atoms with van der Waals surface area (Å²) in [5.74, 6) is 0. The van der Waals surface area contributed by atoms with Crippen molar-refractivity contribution in [2.75, 3.05) is 13.7 Å². The molecule has 0 aromatic heterocycles. The lowest BCUT2D eigenvalue weighted by Crippen LogP contribution is -1.87. The van der Waals surface area contributed by atoms with Crippen molar-refractivity contribution in [2.24, 2.45) is 0 Å². The standard InChI is InChI=1S/C11H22O/c1-3-4-5-6-7-8-9-10-11-12-2/h4-5H,3,6-11H2,1-2H3. The molecule has 0 amide bonds. The minimum absolute atomic E-state index is 0.921. The molecule has 0 saturated carbocycles. The summed E-state index contributed by atoms with van der Waals surface area (Å²) in [6.45, 7) is 3.10. The maximum Gasteiger partial charge on any atom is 0.0462 e. The molecule has 0 rings (SSSR count). The van der Waals surface area contributed by atoms with Crippen molar-refractivity contribution < 1.29 is 4.74 Å². The second-order valence-corrected chi connectivity index (χ2v) is 3.08. The van der Waals surface area contributed by atoms with Crippen molar-refractivity contribution in [1.82, 2.24) is 0 Å². The number of allylic oxidation sites excluding steroid dienone is 2. The number of methoxy groups -OCH3 is 1. The third-order valence-corrected chi connectivity index (χ3v) is 1.87. The first-order chi connectivity index (χ1) is 5.91. The van der Waals surface area contributed by atoms with Crippen molar-refractivity contribution >= 4 is 0 Å². The first-order valence-corrected chi connectivity index (χ1v) is 5.05. The molecule has 0 aliphatic heterocycles. The predicted octanol–water partition coefficient (Wildman–Crippen LogP) is 3.55. The largest absolute Gasteiger partial charge is 0.385 e. The summed E-state index contributed by atoms with van der Waals surface area (Å²) >= 11 is 0. The van der Waals surface area contributed by atoms with Crippen LogP contribution in [0.15, 0.2) is 12.2 Å². The van der Waals surface area contributed by atoms with E-state index >= 15 is 0 Å². The maximum absolute atomic E-state index is 4.97. The number of unbranched alkanes of at least 4 members (excludes halogenated alkanes) is 4. The molecule has 0 radical (unpaired) electrons. The van der Waals surface area contributed by atoms with Crippen LogP contribution in [0.5, 0.6) is 0 Å². The van der Waals surface area contributed by atoms with E-state index in [4.69, 9.17) is 4.74 Å². The fourth-order valence-electron chi connectivity index (χ4n) is 1.15. The summed E-state index contributed by atoms with van der Waals surface area (Å²) in [5, 5.41) is 0. The SMILES string of the molecule is CCC=CCCCCCCOC. The molecule has 0 atom stereocenters. The van der Waals surface area contributed by atoms with Crippen LogP contribution in [0.2, 0.25) is 0 Å². The topological polar surface area (TPSA) is 9.23 Å². The van der Waals surface area contributed by atoms with Gasteiger partial charge in [0.1, 0.15) is 0 Å². The zero-order chi connectivity index (χ0) is 9.07. The van der Waals surface area contributed by atoms with Gasteiger partial charge in [-0.2, -0.15) is 0 Å². The molecule has 0 heterocycles. The van der Waals surface area contributed by atoms with E-state index in [1.54, 1.807) is 7.11 Å². The van der Waals surface area contributed by atoms with Gasteiger partial charge in [0.05, 0.1) is 0 Å². The average Bonchev–Trinajstić information content (AvgIpc) is 2.10. The van der Waals surface area contributed by atoms with Crippen LogP contribution in [-0.2, 0) is 4.74 Å². The van der Waals surface area contributed by atoms with Crippen LogP contribution >= 0.6 is 0 Å². The molecule has 0 aliphatic carbocycles. The summed E-state index contributed by atoms with van der Waals surface area (Å²) in [7, 11) is 1.77. The number of hydrogen-bond acceptors (Lipinski definition) is 1. The predicted molar refractivity (Wildman–Crippen MR) is 54.4 cm³/mol. The molecule has 0 aliphatic rings. The molecule has 0 unspecified atom stereocenters. The molecule has 12 heavy (non-hydrogen) atoms. The third kappa shape index (κ3) is 9.70. The normalized spacial score (nSPS) is 11.2. The van der Waals surface area contributed by atoms with E-state index in [2.05, 4.69) is 19.1 Å². The van der Waals surface area contributed by atoms with Crippen molar-refractivity contribution in [3.63, 3.8) is 0 Å². The van der Waals surface area contributed by atoms with Crippen LogP contribution in [0.3, 0.4) is 0 Å². The Labute approximate surface area is 76.8 Å². The van der Waals surface area contributed by atoms with Crippen LogP contribution in [-0.4, -0.2) is 13.7 Å². The van der Waals surface area contributed by atoms with Gasteiger partial charge < -0.3 is 4.74 Å². The monoisotopic (exact) mass is 170 g/mol. The van der Waals surface area contributed by atoms with Crippen LogP contribution in [0.1, 0.15) is 45.4 Å². The average molecular weight is 170 g/mol. The van der Waals surface area contributed by atoms with Gasteiger partial charge in [0, 0.05) is 13.7 Å². The number of hydrogen-bond donors (Lipinski definition) is 0. The minimum Gasteiger partial charge on any atom is -0.385 e. The van der Waals surface area contributed by atoms with E-state index < -0.39 is 0 Å². The van der Waals surface area contributed by atoms with Gasteiger partial charge >= 0.3 is 0 Å². The zero-order valence-corrected chi connectivity index (χ0v) is 8.51. The smallest absolute Gasteiger partial charge is 0.0462 e. The van der Waals surface area contributed by atoms with Gasteiger partial charge in [-0.3, -0.25) is 0 Å². The highest BCUT2D eigenvalue weighted by Crippen LogP contribution is 2.03. The van der Waals surface area contributed by atoms with Gasteiger partial charge in [-0.05, 0) is 25.7 Å². The second-order valence-electron chi connectivity index (χ2n) is 3.08. The Bertz CT molecular complexity index is 97.2. The van der Waals surface area contributed by atoms with Crippen molar-refractivity contribution in [3.05, 3.63) is 12.2 Å². The molecule has 0 saturated heterocycles. The molecule has 0 fully saturated rings. The molecule has 0 aromatic rings. The fraction of sp³-hybridized carbons (Fsp3) is 0.818. The first kappa shape index (κ1) is 11.7. The number of rotatable bonds is 8. The van der Waals surface area contributed by atoms with Crippen LogP contribution in [0.25, 0.3) is 0 Å². The van der Waals surface area contributed by atoms with Crippen molar-refractivity contribution in [2.45, 2.75) is 45.4 Å². The van der Waals surface area contributed by atoms with E-state index in [-0.39, 0.29) is 0 Å². The lowest BCUT2D eigenvalue weighted by molar-refractivity contribution is 0.192. The Hall–Kier alpha value is -0.300. The van der Waals surface area contributed by atoms with E-state index in [0.29, 0.717) is 0 Å². The van der Waals surface area contributed by atoms with Crippen molar-refractivity contribution in [1.29, 1.82) is 0 Å². The van der Waals surface area contributed by atoms with Crippen LogP contribution in [0, 0.1) is 0 Å². The van der Waals surface area contributed by atoms with Crippen LogP contribution < -0.4 is 0 Å². The fourth-order valence-corrected chi connectivity index (χ4v) is 1.15. The molecule has 72 valence electrons. The summed E-state index contributed by atoms with van der Waals surface area (Å²) in [5.41, 5.74) is 0. The van der Waals surface area contributed by atoms with E-state index in [9.17, 15) is 0 Å². The maximum atomic E-state index is 4.97. The second kappa shape index (κ2) is 10.7. The number of ether oxygens (including phenoxy) is 1. The minimum atomic E-state index is 0.921. The summed E-state index contributed by atoms with van der Waals surface area (Å²) < 4.78 is 4.97. The van der Waals surface area contributed by atoms with Gasteiger partial charge in [0.15, 0.2) is 0 Å². The lowest BCUT2D eigenvalue weighted by Gasteiger charge is -1.97. The van der Waals surface area contributed by atoms with Gasteiger partial charge in [-0.25, -0.2) is 0 Å². The zero-order valence-electron chi connectivity index (χ0n) is 8.51. The van der Waals surface area contributed by atoms with E-state index in [1.165, 1.54) is 38.5 Å². The van der Waals surface area contributed by atoms with Gasteiger partial charge in [0.2, 0.25) is 0 Å². The Morgan fingerprint density at radius 2 is 1.75 bits per heavy atom.